The molecule has 0 fully saturated rings. The fourth-order valence-electron chi connectivity index (χ4n) is 4.30. The number of rotatable bonds is 12. The number of fused-ring (bicyclic) bond motifs is 1. The molecule has 1 aromatic heterocycles. The number of unbranched alkanes of at least 4 members (excludes halogenated alkanes) is 3. The summed E-state index contributed by atoms with van der Waals surface area (Å²) in [5.74, 6) is 0.716. The van der Waals surface area contributed by atoms with Gasteiger partial charge in [-0.05, 0) is 78.4 Å². The lowest BCUT2D eigenvalue weighted by molar-refractivity contribution is 0.304. The van der Waals surface area contributed by atoms with Crippen LogP contribution in [0.3, 0.4) is 0 Å². The molecule has 3 aromatic carbocycles. The van der Waals surface area contributed by atoms with E-state index in [0.29, 0.717) is 11.8 Å². The Bertz CT molecular complexity index is 1220. The SMILES string of the molecule is CCCCCCOc1ccc(CCc2ccc3c(F)c(CCc4ccc(Cl)cc4)ccc3c2)nc1. The molecule has 35 heavy (non-hydrogen) atoms. The van der Waals surface area contributed by atoms with Crippen molar-refractivity contribution in [2.75, 3.05) is 6.61 Å². The van der Waals surface area contributed by atoms with Crippen LogP contribution >= 0.6 is 11.6 Å². The highest BCUT2D eigenvalue weighted by Crippen LogP contribution is 2.24. The Morgan fingerprint density at radius 2 is 1.60 bits per heavy atom. The third-order valence-electron chi connectivity index (χ3n) is 6.43. The molecule has 1 heterocycles. The molecule has 0 amide bonds. The smallest absolute Gasteiger partial charge is 0.137 e. The number of ether oxygens (including phenoxy) is 1. The molecule has 0 aliphatic rings. The molecule has 0 aliphatic heterocycles. The fourth-order valence-corrected chi connectivity index (χ4v) is 4.43. The largest absolute Gasteiger partial charge is 0.492 e. The van der Waals surface area contributed by atoms with Crippen molar-refractivity contribution < 1.29 is 9.13 Å². The monoisotopic (exact) mass is 489 g/mol. The third kappa shape index (κ3) is 7.29. The van der Waals surface area contributed by atoms with Crippen molar-refractivity contribution in [1.29, 1.82) is 0 Å². The maximum atomic E-state index is 15.2. The number of pyridine rings is 1. The standard InChI is InChI=1S/C31H33ClFNO/c1-2-3-4-5-20-35-29-18-17-28(34-22-29)16-9-24-10-19-30-26(21-24)13-12-25(31(30)33)11-6-23-7-14-27(32)15-8-23/h7-8,10,12-15,17-19,21-22H,2-6,9,11,16,20H2,1H3. The minimum atomic E-state index is -0.116. The highest BCUT2D eigenvalue weighted by molar-refractivity contribution is 6.30. The fraction of sp³-hybridized carbons (Fsp3) is 0.323. The highest BCUT2D eigenvalue weighted by atomic mass is 35.5. The molecule has 4 heteroatoms. The van der Waals surface area contributed by atoms with Crippen molar-refractivity contribution in [1.82, 2.24) is 4.98 Å². The van der Waals surface area contributed by atoms with Gasteiger partial charge in [0.15, 0.2) is 0 Å². The van der Waals surface area contributed by atoms with Crippen LogP contribution in [0.15, 0.2) is 72.9 Å². The van der Waals surface area contributed by atoms with E-state index in [0.717, 1.165) is 65.3 Å². The Balaban J connectivity index is 1.32. The van der Waals surface area contributed by atoms with Gasteiger partial charge in [-0.15, -0.1) is 0 Å². The molecular weight excluding hydrogens is 457 g/mol. The van der Waals surface area contributed by atoms with Gasteiger partial charge in [-0.2, -0.15) is 0 Å². The van der Waals surface area contributed by atoms with E-state index < -0.39 is 0 Å². The molecule has 2 nitrogen and oxygen atoms in total. The van der Waals surface area contributed by atoms with E-state index in [1.54, 1.807) is 0 Å². The molecule has 0 bridgehead atoms. The van der Waals surface area contributed by atoms with Crippen LogP contribution in [-0.4, -0.2) is 11.6 Å². The Hall–Kier alpha value is -2.91. The van der Waals surface area contributed by atoms with Gasteiger partial charge in [0, 0.05) is 16.1 Å². The Kier molecular flexibility index (Phi) is 9.14. The summed E-state index contributed by atoms with van der Waals surface area (Å²) < 4.78 is 20.9. The summed E-state index contributed by atoms with van der Waals surface area (Å²) >= 11 is 5.96. The van der Waals surface area contributed by atoms with Crippen LogP contribution < -0.4 is 4.74 Å². The van der Waals surface area contributed by atoms with Gasteiger partial charge in [0.25, 0.3) is 0 Å². The van der Waals surface area contributed by atoms with Gasteiger partial charge in [0.1, 0.15) is 11.6 Å². The summed E-state index contributed by atoms with van der Waals surface area (Å²) in [7, 11) is 0. The molecule has 0 aliphatic carbocycles. The lowest BCUT2D eigenvalue weighted by atomic mass is 9.98. The molecule has 0 radical (unpaired) electrons. The number of hydrogen-bond donors (Lipinski definition) is 0. The second-order valence-electron chi connectivity index (χ2n) is 9.11. The lowest BCUT2D eigenvalue weighted by Gasteiger charge is -2.09. The average molecular weight is 490 g/mol. The zero-order chi connectivity index (χ0) is 24.5. The van der Waals surface area contributed by atoms with Crippen LogP contribution in [0.25, 0.3) is 10.8 Å². The Morgan fingerprint density at radius 1 is 0.800 bits per heavy atom. The quantitative estimate of drug-likeness (QED) is 0.186. The second-order valence-corrected chi connectivity index (χ2v) is 9.55. The van der Waals surface area contributed by atoms with Crippen molar-refractivity contribution in [2.24, 2.45) is 0 Å². The zero-order valence-electron chi connectivity index (χ0n) is 20.4. The van der Waals surface area contributed by atoms with Crippen LogP contribution in [0.1, 0.15) is 55.0 Å². The summed E-state index contributed by atoms with van der Waals surface area (Å²) in [5.41, 5.74) is 4.12. The van der Waals surface area contributed by atoms with E-state index in [1.165, 1.54) is 24.8 Å². The molecule has 0 spiro atoms. The molecule has 0 N–H and O–H groups in total. The Labute approximate surface area is 213 Å². The second kappa shape index (κ2) is 12.7. The average Bonchev–Trinajstić information content (AvgIpc) is 2.88. The van der Waals surface area contributed by atoms with E-state index in [2.05, 4.69) is 18.0 Å². The highest BCUT2D eigenvalue weighted by Gasteiger charge is 2.09. The number of halogens is 2. The van der Waals surface area contributed by atoms with Crippen molar-refractivity contribution in [3.8, 4) is 5.75 Å². The van der Waals surface area contributed by atoms with Gasteiger partial charge in [-0.3, -0.25) is 4.98 Å². The normalized spacial score (nSPS) is 11.2. The van der Waals surface area contributed by atoms with Gasteiger partial charge in [-0.25, -0.2) is 4.39 Å². The van der Waals surface area contributed by atoms with Crippen LogP contribution in [0.4, 0.5) is 4.39 Å². The van der Waals surface area contributed by atoms with Crippen LogP contribution in [0.2, 0.25) is 5.02 Å². The van der Waals surface area contributed by atoms with E-state index >= 15 is 4.39 Å². The first-order valence-electron chi connectivity index (χ1n) is 12.6. The van der Waals surface area contributed by atoms with Gasteiger partial charge >= 0.3 is 0 Å². The van der Waals surface area contributed by atoms with Crippen LogP contribution in [0.5, 0.6) is 5.75 Å². The number of aromatic nitrogens is 1. The number of benzene rings is 3. The predicted molar refractivity (Wildman–Crippen MR) is 144 cm³/mol. The molecular formula is C31H33ClFNO. The lowest BCUT2D eigenvalue weighted by Crippen LogP contribution is -1.99. The third-order valence-corrected chi connectivity index (χ3v) is 6.68. The molecule has 0 saturated heterocycles. The van der Waals surface area contributed by atoms with E-state index in [-0.39, 0.29) is 5.82 Å². The van der Waals surface area contributed by atoms with Crippen LogP contribution in [-0.2, 0) is 25.7 Å². The number of aryl methyl sites for hydroxylation is 4. The minimum Gasteiger partial charge on any atom is -0.492 e. The van der Waals surface area contributed by atoms with Crippen molar-refractivity contribution in [3.05, 3.63) is 106 Å². The van der Waals surface area contributed by atoms with E-state index in [9.17, 15) is 0 Å². The maximum absolute atomic E-state index is 15.2. The maximum Gasteiger partial charge on any atom is 0.137 e. The minimum absolute atomic E-state index is 0.116. The van der Waals surface area contributed by atoms with Gasteiger partial charge in [0.2, 0.25) is 0 Å². The zero-order valence-corrected chi connectivity index (χ0v) is 21.2. The number of hydrogen-bond acceptors (Lipinski definition) is 2. The van der Waals surface area contributed by atoms with Gasteiger partial charge in [-0.1, -0.05) is 80.3 Å². The first-order chi connectivity index (χ1) is 17.1. The summed E-state index contributed by atoms with van der Waals surface area (Å²) in [6.45, 7) is 2.96. The predicted octanol–water partition coefficient (Wildman–Crippen LogP) is 8.56. The molecule has 0 saturated carbocycles. The van der Waals surface area contributed by atoms with E-state index in [1.807, 2.05) is 66.9 Å². The Morgan fingerprint density at radius 3 is 2.37 bits per heavy atom. The molecule has 4 rings (SSSR count). The first kappa shape index (κ1) is 25.2. The van der Waals surface area contributed by atoms with Crippen molar-refractivity contribution in [3.63, 3.8) is 0 Å². The van der Waals surface area contributed by atoms with Gasteiger partial charge in [0.05, 0.1) is 12.8 Å². The van der Waals surface area contributed by atoms with Crippen molar-refractivity contribution >= 4 is 22.4 Å². The topological polar surface area (TPSA) is 22.1 Å². The molecule has 0 atom stereocenters. The summed E-state index contributed by atoms with van der Waals surface area (Å²) in [6, 6.07) is 21.8. The van der Waals surface area contributed by atoms with Gasteiger partial charge < -0.3 is 4.74 Å². The molecule has 4 aromatic rings. The molecule has 0 unspecified atom stereocenters. The van der Waals surface area contributed by atoms with E-state index in [4.69, 9.17) is 16.3 Å². The summed E-state index contributed by atoms with van der Waals surface area (Å²) in [5, 5.41) is 2.34. The van der Waals surface area contributed by atoms with Crippen molar-refractivity contribution in [2.45, 2.75) is 58.3 Å². The number of nitrogens with zero attached hydrogens (tertiary/aromatic N) is 1. The summed E-state index contributed by atoms with van der Waals surface area (Å²) in [4.78, 5) is 4.55. The first-order valence-corrected chi connectivity index (χ1v) is 13.0. The molecule has 182 valence electrons. The van der Waals surface area contributed by atoms with Crippen LogP contribution in [0, 0.1) is 5.82 Å². The summed E-state index contributed by atoms with van der Waals surface area (Å²) in [6.07, 6.45) is 9.75.